The maximum Gasteiger partial charge on any atom is 0.410 e. The number of carbonyl (C=O) groups excluding carboxylic acids is 3. The largest absolute Gasteiger partial charge is 0.444 e. The van der Waals surface area contributed by atoms with Crippen molar-refractivity contribution in [3.8, 4) is 0 Å². The third kappa shape index (κ3) is 18.6. The van der Waals surface area contributed by atoms with Gasteiger partial charge in [-0.25, -0.2) is 14.4 Å². The average Bonchev–Trinajstić information content (AvgIpc) is 3.41. The molecule has 2 aromatic rings. The van der Waals surface area contributed by atoms with Crippen LogP contribution in [0.4, 0.5) is 14.4 Å². The summed E-state index contributed by atoms with van der Waals surface area (Å²) in [7, 11) is 0. The number of ether oxygens (including phenoxy) is 3. The van der Waals surface area contributed by atoms with Crippen molar-refractivity contribution < 1.29 is 28.6 Å². The minimum Gasteiger partial charge on any atom is -0.444 e. The molecule has 0 aliphatic carbocycles. The monoisotopic (exact) mass is 1080 g/mol. The van der Waals surface area contributed by atoms with Crippen molar-refractivity contribution in [2.24, 2.45) is 11.8 Å². The third-order valence-electron chi connectivity index (χ3n) is 17.2. The Labute approximate surface area is 476 Å². The van der Waals surface area contributed by atoms with Crippen molar-refractivity contribution in [3.05, 3.63) is 71.8 Å². The van der Waals surface area contributed by atoms with Crippen LogP contribution in [0, 0.1) is 11.8 Å². The Hall–Kier alpha value is -3.87. The van der Waals surface area contributed by atoms with Crippen LogP contribution in [0.2, 0.25) is 0 Å². The number of nitrogens with zero attached hydrogens (tertiary/aromatic N) is 6. The van der Waals surface area contributed by atoms with Gasteiger partial charge in [-0.1, -0.05) is 94.3 Å². The number of hydrogen-bond donors (Lipinski definition) is 0. The van der Waals surface area contributed by atoms with Crippen molar-refractivity contribution in [1.29, 1.82) is 0 Å². The first-order chi connectivity index (χ1) is 35.9. The second kappa shape index (κ2) is 27.3. The highest BCUT2D eigenvalue weighted by Gasteiger charge is 2.49. The van der Waals surface area contributed by atoms with Gasteiger partial charge in [-0.05, 0) is 230 Å². The van der Waals surface area contributed by atoms with E-state index in [2.05, 4.69) is 124 Å². The van der Waals surface area contributed by atoms with Gasteiger partial charge in [0.05, 0.1) is 0 Å². The molecular weight excluding hydrogens is 973 g/mol. The normalized spacial score (nSPS) is 27.1. The highest BCUT2D eigenvalue weighted by Crippen LogP contribution is 2.42. The van der Waals surface area contributed by atoms with Crippen LogP contribution in [0.25, 0.3) is 0 Å². The highest BCUT2D eigenvalue weighted by atomic mass is 16.6. The van der Waals surface area contributed by atoms with E-state index < -0.39 is 16.8 Å². The molecule has 0 spiro atoms. The predicted octanol–water partition coefficient (Wildman–Crippen LogP) is 14.7. The Bertz CT molecular complexity index is 2140. The summed E-state index contributed by atoms with van der Waals surface area (Å²) in [6.07, 6.45) is 15.4. The standard InChI is InChI=1S/C24H38N2O2.C23H36N2O2.C18H34N2O2.CH4/c1-23(2,3)28-22(27)26-18-20(16-19-12-8-6-9-13-19)21(17-24(26,4)5)25-14-10-7-11-15-25;1-22(2,3)27-21(26)25-17-19(18-12-8-6-9-13-18)20(16-23(25,4)5)24-14-10-7-11-15-24;1-14-13-20(16(21)22-17(2,3)4)18(5,6)12-15(14)19-10-8-7-9-11-19;/h6,8-9,12-13,20-21H,7,10-11,14-18H2,1-5H3;6,8-9,12-13,19-20H,7,10-11,14-17H2,1-5H3;14-15H,7-13H2,1-6H3;1H4. The van der Waals surface area contributed by atoms with Crippen LogP contribution in [0.1, 0.15) is 212 Å². The van der Waals surface area contributed by atoms with E-state index in [1.54, 1.807) is 0 Å². The van der Waals surface area contributed by atoms with Crippen molar-refractivity contribution in [1.82, 2.24) is 29.4 Å². The van der Waals surface area contributed by atoms with Crippen molar-refractivity contribution in [2.45, 2.75) is 259 Å². The first-order valence-corrected chi connectivity index (χ1v) is 30.3. The lowest BCUT2D eigenvalue weighted by atomic mass is 9.76. The Kier molecular flexibility index (Phi) is 22.7. The average molecular weight is 1090 g/mol. The molecule has 0 N–H and O–H groups in total. The quantitative estimate of drug-likeness (QED) is 0.262. The van der Waals surface area contributed by atoms with E-state index >= 15 is 0 Å². The van der Waals surface area contributed by atoms with Gasteiger partial charge in [-0.15, -0.1) is 0 Å². The molecule has 3 amide bonds. The fourth-order valence-corrected chi connectivity index (χ4v) is 13.3. The fraction of sp³-hybridized carbons (Fsp3) is 0.773. The Morgan fingerprint density at radius 2 is 0.795 bits per heavy atom. The van der Waals surface area contributed by atoms with E-state index in [4.69, 9.17) is 14.2 Å². The van der Waals surface area contributed by atoms with Crippen molar-refractivity contribution in [3.63, 3.8) is 0 Å². The van der Waals surface area contributed by atoms with Gasteiger partial charge in [0.25, 0.3) is 0 Å². The van der Waals surface area contributed by atoms with Gasteiger partial charge < -0.3 is 28.9 Å². The minimum absolute atomic E-state index is 0. The van der Waals surface area contributed by atoms with Gasteiger partial charge in [0, 0.05) is 60.3 Å². The third-order valence-corrected chi connectivity index (χ3v) is 17.2. The first-order valence-electron chi connectivity index (χ1n) is 30.3. The number of amides is 3. The second-order valence-electron chi connectivity index (χ2n) is 28.8. The number of piperidine rings is 6. The molecule has 6 saturated heterocycles. The van der Waals surface area contributed by atoms with Crippen LogP contribution < -0.4 is 0 Å². The Morgan fingerprint density at radius 3 is 1.21 bits per heavy atom. The molecule has 6 fully saturated rings. The lowest BCUT2D eigenvalue weighted by Crippen LogP contribution is -2.62. The van der Waals surface area contributed by atoms with E-state index in [0.29, 0.717) is 42.4 Å². The van der Waals surface area contributed by atoms with Gasteiger partial charge in [-0.3, -0.25) is 14.7 Å². The van der Waals surface area contributed by atoms with E-state index in [1.807, 2.05) is 77.0 Å². The summed E-state index contributed by atoms with van der Waals surface area (Å²) in [5.74, 6) is 1.25. The molecule has 0 radical (unpaired) electrons. The molecule has 78 heavy (non-hydrogen) atoms. The molecule has 6 unspecified atom stereocenters. The van der Waals surface area contributed by atoms with Crippen LogP contribution in [-0.2, 0) is 20.6 Å². The van der Waals surface area contributed by atoms with Crippen molar-refractivity contribution >= 4 is 18.3 Å². The molecule has 442 valence electrons. The number of benzene rings is 2. The zero-order valence-electron chi connectivity index (χ0n) is 51.4. The number of hydrogen-bond acceptors (Lipinski definition) is 9. The van der Waals surface area contributed by atoms with Crippen LogP contribution in [0.5, 0.6) is 0 Å². The lowest BCUT2D eigenvalue weighted by Gasteiger charge is -2.52. The molecule has 12 nitrogen and oxygen atoms in total. The smallest absolute Gasteiger partial charge is 0.410 e. The fourth-order valence-electron chi connectivity index (χ4n) is 13.3. The molecule has 6 aliphatic heterocycles. The van der Waals surface area contributed by atoms with E-state index in [1.165, 1.54) is 108 Å². The molecule has 0 aromatic heterocycles. The van der Waals surface area contributed by atoms with Gasteiger partial charge in [-0.2, -0.15) is 0 Å². The van der Waals surface area contributed by atoms with Gasteiger partial charge in [0.1, 0.15) is 16.8 Å². The van der Waals surface area contributed by atoms with Crippen LogP contribution in [0.3, 0.4) is 0 Å². The summed E-state index contributed by atoms with van der Waals surface area (Å²) < 4.78 is 17.1. The zero-order chi connectivity index (χ0) is 56.6. The summed E-state index contributed by atoms with van der Waals surface area (Å²) in [5.41, 5.74) is 0.769. The van der Waals surface area contributed by atoms with Crippen LogP contribution >= 0.6 is 0 Å². The molecule has 6 aliphatic rings. The van der Waals surface area contributed by atoms with E-state index in [0.717, 1.165) is 38.8 Å². The molecule has 0 bridgehead atoms. The highest BCUT2D eigenvalue weighted by molar-refractivity contribution is 5.70. The summed E-state index contributed by atoms with van der Waals surface area (Å²) in [6, 6.07) is 23.0. The second-order valence-corrected chi connectivity index (χ2v) is 28.8. The van der Waals surface area contributed by atoms with E-state index in [-0.39, 0.29) is 42.3 Å². The number of rotatable bonds is 6. The first kappa shape index (κ1) is 64.9. The molecular formula is C66H112N6O6. The zero-order valence-corrected chi connectivity index (χ0v) is 51.4. The summed E-state index contributed by atoms with van der Waals surface area (Å²) in [4.78, 5) is 52.5. The van der Waals surface area contributed by atoms with Crippen molar-refractivity contribution in [2.75, 3.05) is 58.9 Å². The minimum atomic E-state index is -0.473. The molecule has 6 atom stereocenters. The van der Waals surface area contributed by atoms with Gasteiger partial charge >= 0.3 is 18.3 Å². The summed E-state index contributed by atoms with van der Waals surface area (Å²) in [5, 5.41) is 0. The molecule has 12 heteroatoms. The molecule has 2 aromatic carbocycles. The van der Waals surface area contributed by atoms with Crippen LogP contribution in [-0.4, -0.2) is 158 Å². The van der Waals surface area contributed by atoms with Gasteiger partial charge in [0.2, 0.25) is 0 Å². The lowest BCUT2D eigenvalue weighted by molar-refractivity contribution is -0.0447. The molecule has 0 saturated carbocycles. The topological polar surface area (TPSA) is 98.3 Å². The van der Waals surface area contributed by atoms with Gasteiger partial charge in [0.15, 0.2) is 0 Å². The summed E-state index contributed by atoms with van der Waals surface area (Å²) >= 11 is 0. The maximum atomic E-state index is 13.0. The predicted molar refractivity (Wildman–Crippen MR) is 321 cm³/mol. The maximum absolute atomic E-state index is 13.0. The molecule has 6 heterocycles. The summed E-state index contributed by atoms with van der Waals surface area (Å²) in [6.45, 7) is 42.3. The SMILES string of the molecule is C.CC(C)(C)OC(=O)N1CC(Cc2ccccc2)C(N2CCCCC2)CC1(C)C.CC(C)(C)OC(=O)N1CC(c2ccccc2)C(N2CCCCC2)CC1(C)C.CC1CN(C(=O)OC(C)(C)C)C(C)(C)CC1N1CCCCC1. The number of carbonyl (C=O) groups is 3. The van der Waals surface area contributed by atoms with E-state index in [9.17, 15) is 14.4 Å². The van der Waals surface area contributed by atoms with Crippen LogP contribution in [0.15, 0.2) is 60.7 Å². The molecule has 8 rings (SSSR count). The Morgan fingerprint density at radius 1 is 0.462 bits per heavy atom. The number of likely N-dealkylation sites (tertiary alicyclic amines) is 6. The Balaban J connectivity index is 0.000000216.